The molecule has 8 heavy (non-hydrogen) atoms. The molecule has 0 bridgehead atoms. The number of hydrogen-bond donors (Lipinski definition) is 0. The summed E-state index contributed by atoms with van der Waals surface area (Å²) in [6, 6.07) is 0. The van der Waals surface area contributed by atoms with Crippen LogP contribution in [0.2, 0.25) is 0 Å². The molecule has 0 aromatic heterocycles. The maximum absolute atomic E-state index is 3.38. The normalized spacial score (nSPS) is 8.25. The molecular weight excluding hydrogens is 217 g/mol. The molecule has 0 aliphatic heterocycles. The van der Waals surface area contributed by atoms with Gasteiger partial charge in [-0.1, -0.05) is 42.1 Å². The third-order valence-corrected chi connectivity index (χ3v) is 1.55. The molecule has 0 saturated heterocycles. The fourth-order valence-corrected chi connectivity index (χ4v) is 0.918. The molecule has 0 aromatic rings. The Morgan fingerprint density at radius 2 is 1.75 bits per heavy atom. The Bertz CT molecular complexity index is 27.7. The van der Waals surface area contributed by atoms with Crippen LogP contribution in [0.1, 0.15) is 32.6 Å². The Kier molecular flexibility index (Phi) is 16.3. The van der Waals surface area contributed by atoms with Crippen molar-refractivity contribution in [3.8, 4) is 0 Å². The fourth-order valence-electron chi connectivity index (χ4n) is 0.521. The Morgan fingerprint density at radius 3 is 2.12 bits per heavy atom. The van der Waals surface area contributed by atoms with Crippen molar-refractivity contribution in [2.24, 2.45) is 0 Å². The van der Waals surface area contributed by atoms with Crippen LogP contribution in [0.3, 0.4) is 0 Å². The maximum atomic E-state index is 3.38. The Morgan fingerprint density at radius 1 is 1.12 bits per heavy atom. The van der Waals surface area contributed by atoms with Gasteiger partial charge >= 0.3 is 0 Å². The van der Waals surface area contributed by atoms with Gasteiger partial charge in [0, 0.05) is 24.8 Å². The number of rotatable bonds is 4. The SMILES string of the molecule is CCCCCCBr.[Zn]. The van der Waals surface area contributed by atoms with Crippen LogP contribution in [0.4, 0.5) is 0 Å². The minimum Gasteiger partial charge on any atom is -0.0928 e. The van der Waals surface area contributed by atoms with Gasteiger partial charge in [0.25, 0.3) is 0 Å². The smallest absolute Gasteiger partial charge is 0.00313 e. The van der Waals surface area contributed by atoms with E-state index in [0.717, 1.165) is 0 Å². The fraction of sp³-hybridized carbons (Fsp3) is 1.00. The van der Waals surface area contributed by atoms with E-state index in [9.17, 15) is 0 Å². The molecule has 0 aromatic carbocycles. The van der Waals surface area contributed by atoms with Gasteiger partial charge in [-0.25, -0.2) is 0 Å². The molecule has 0 radical (unpaired) electrons. The predicted molar refractivity (Wildman–Crippen MR) is 37.9 cm³/mol. The largest absolute Gasteiger partial charge is 0.0928 e. The first-order valence-corrected chi connectivity index (χ1v) is 4.10. The molecule has 0 unspecified atom stereocenters. The summed E-state index contributed by atoms with van der Waals surface area (Å²) in [5.74, 6) is 0. The molecule has 0 spiro atoms. The summed E-state index contributed by atoms with van der Waals surface area (Å²) in [7, 11) is 0. The molecule has 0 atom stereocenters. The average Bonchev–Trinajstić information content (AvgIpc) is 1.69. The summed E-state index contributed by atoms with van der Waals surface area (Å²) in [5, 5.41) is 1.17. The van der Waals surface area contributed by atoms with Gasteiger partial charge in [0.15, 0.2) is 0 Å². The number of alkyl halides is 1. The molecule has 0 rings (SSSR count). The quantitative estimate of drug-likeness (QED) is 0.396. The zero-order chi connectivity index (χ0) is 5.54. The average molecular weight is 230 g/mol. The second kappa shape index (κ2) is 11.0. The van der Waals surface area contributed by atoms with Gasteiger partial charge in [-0.2, -0.15) is 0 Å². The van der Waals surface area contributed by atoms with Crippen molar-refractivity contribution in [2.75, 3.05) is 5.33 Å². The molecule has 46 valence electrons. The molecule has 0 fully saturated rings. The van der Waals surface area contributed by atoms with E-state index >= 15 is 0 Å². The van der Waals surface area contributed by atoms with E-state index in [-0.39, 0.29) is 19.5 Å². The monoisotopic (exact) mass is 228 g/mol. The third-order valence-electron chi connectivity index (χ3n) is 0.987. The summed E-state index contributed by atoms with van der Waals surface area (Å²) < 4.78 is 0. The van der Waals surface area contributed by atoms with Crippen LogP contribution in [0.15, 0.2) is 0 Å². The second-order valence-corrected chi connectivity index (χ2v) is 2.54. The van der Waals surface area contributed by atoms with Gasteiger partial charge < -0.3 is 0 Å². The third kappa shape index (κ3) is 10.2. The molecule has 0 aliphatic rings. The van der Waals surface area contributed by atoms with Crippen molar-refractivity contribution in [1.29, 1.82) is 0 Å². The number of unbranched alkanes of at least 4 members (excludes halogenated alkanes) is 3. The van der Waals surface area contributed by atoms with Crippen molar-refractivity contribution in [3.63, 3.8) is 0 Å². The predicted octanol–water partition coefficient (Wildman–Crippen LogP) is 2.96. The van der Waals surface area contributed by atoms with Gasteiger partial charge in [0.05, 0.1) is 0 Å². The van der Waals surface area contributed by atoms with Gasteiger partial charge in [0.1, 0.15) is 0 Å². The van der Waals surface area contributed by atoms with Crippen molar-refractivity contribution in [3.05, 3.63) is 0 Å². The van der Waals surface area contributed by atoms with E-state index in [4.69, 9.17) is 0 Å². The zero-order valence-electron chi connectivity index (χ0n) is 5.62. The van der Waals surface area contributed by atoms with Crippen molar-refractivity contribution < 1.29 is 19.5 Å². The summed E-state index contributed by atoms with van der Waals surface area (Å²) in [6.45, 7) is 2.23. The second-order valence-electron chi connectivity index (χ2n) is 1.75. The first-order valence-electron chi connectivity index (χ1n) is 2.97. The molecule has 0 heterocycles. The van der Waals surface area contributed by atoms with Crippen molar-refractivity contribution >= 4 is 15.9 Å². The Hall–Kier alpha value is 1.10. The van der Waals surface area contributed by atoms with E-state index in [1.807, 2.05) is 0 Å². The van der Waals surface area contributed by atoms with Gasteiger partial charge in [0.2, 0.25) is 0 Å². The van der Waals surface area contributed by atoms with Crippen LogP contribution in [-0.4, -0.2) is 5.33 Å². The molecule has 0 N–H and O–H groups in total. The van der Waals surface area contributed by atoms with Crippen LogP contribution in [-0.2, 0) is 19.5 Å². The molecule has 0 amide bonds. The van der Waals surface area contributed by atoms with Crippen LogP contribution >= 0.6 is 15.9 Å². The van der Waals surface area contributed by atoms with Crippen LogP contribution in [0.25, 0.3) is 0 Å². The van der Waals surface area contributed by atoms with Crippen LogP contribution < -0.4 is 0 Å². The van der Waals surface area contributed by atoms with Gasteiger partial charge in [-0.15, -0.1) is 0 Å². The molecule has 0 saturated carbocycles. The Labute approximate surface area is 73.3 Å². The summed E-state index contributed by atoms with van der Waals surface area (Å²) in [5.41, 5.74) is 0. The molecular formula is C6H13BrZn. The number of halogens is 1. The van der Waals surface area contributed by atoms with Gasteiger partial charge in [-0.3, -0.25) is 0 Å². The minimum atomic E-state index is 0. The van der Waals surface area contributed by atoms with E-state index < -0.39 is 0 Å². The van der Waals surface area contributed by atoms with E-state index in [1.54, 1.807) is 0 Å². The first-order chi connectivity index (χ1) is 3.41. The molecule has 2 heteroatoms. The van der Waals surface area contributed by atoms with Crippen molar-refractivity contribution in [1.82, 2.24) is 0 Å². The van der Waals surface area contributed by atoms with E-state index in [1.165, 1.54) is 31.0 Å². The Balaban J connectivity index is 0. The topological polar surface area (TPSA) is 0 Å². The summed E-state index contributed by atoms with van der Waals surface area (Å²) in [6.07, 6.45) is 5.47. The first kappa shape index (κ1) is 11.8. The van der Waals surface area contributed by atoms with Crippen LogP contribution in [0.5, 0.6) is 0 Å². The minimum absolute atomic E-state index is 0. The van der Waals surface area contributed by atoms with Crippen molar-refractivity contribution in [2.45, 2.75) is 32.6 Å². The number of hydrogen-bond acceptors (Lipinski definition) is 0. The molecule has 0 aliphatic carbocycles. The molecule has 0 nitrogen and oxygen atoms in total. The van der Waals surface area contributed by atoms with Crippen LogP contribution in [0, 0.1) is 0 Å². The standard InChI is InChI=1S/C6H13Br.Zn/c1-2-3-4-5-6-7;/h2-6H2,1H3;. The van der Waals surface area contributed by atoms with Gasteiger partial charge in [-0.05, 0) is 6.42 Å². The summed E-state index contributed by atoms with van der Waals surface area (Å²) in [4.78, 5) is 0. The van der Waals surface area contributed by atoms with E-state index in [0.29, 0.717) is 0 Å². The zero-order valence-corrected chi connectivity index (χ0v) is 10.2. The maximum Gasteiger partial charge on any atom is 0.00313 e. The summed E-state index contributed by atoms with van der Waals surface area (Å²) >= 11 is 3.38. The van der Waals surface area contributed by atoms with E-state index in [2.05, 4.69) is 22.9 Å².